The summed E-state index contributed by atoms with van der Waals surface area (Å²) in [6.07, 6.45) is 7.27. The standard InChI is InChI=1S/C25H34N4O4/c1-17-7-8-21-22(29(17)18(2)30)10-9-20(19-13-26-28(14-19)16-25(3,4)32)24(21)33-15-23(31)27-11-5-6-12-27/h9-10,13-14,17,32H,5-8,11-12,15-16H2,1-4H3. The van der Waals surface area contributed by atoms with Gasteiger partial charge in [0.25, 0.3) is 5.91 Å². The minimum Gasteiger partial charge on any atom is -0.483 e. The number of benzene rings is 1. The Morgan fingerprint density at radius 1 is 1.24 bits per heavy atom. The molecule has 2 aliphatic heterocycles. The highest BCUT2D eigenvalue weighted by Crippen LogP contribution is 2.43. The fourth-order valence-electron chi connectivity index (χ4n) is 4.85. The number of nitrogens with zero attached hydrogens (tertiary/aromatic N) is 4. The van der Waals surface area contributed by atoms with Gasteiger partial charge in [0.15, 0.2) is 6.61 Å². The largest absolute Gasteiger partial charge is 0.483 e. The highest BCUT2D eigenvalue weighted by Gasteiger charge is 2.30. The van der Waals surface area contributed by atoms with E-state index in [1.165, 1.54) is 0 Å². The summed E-state index contributed by atoms with van der Waals surface area (Å²) in [6, 6.07) is 4.01. The van der Waals surface area contributed by atoms with Gasteiger partial charge in [0.05, 0.1) is 24.0 Å². The van der Waals surface area contributed by atoms with Gasteiger partial charge in [0, 0.05) is 48.9 Å². The van der Waals surface area contributed by atoms with E-state index in [0.717, 1.165) is 61.2 Å². The molecule has 2 aromatic rings. The first-order valence-corrected chi connectivity index (χ1v) is 11.8. The van der Waals surface area contributed by atoms with Gasteiger partial charge >= 0.3 is 0 Å². The molecule has 2 amide bonds. The molecule has 178 valence electrons. The third-order valence-electron chi connectivity index (χ3n) is 6.38. The maximum absolute atomic E-state index is 12.7. The van der Waals surface area contributed by atoms with Crippen LogP contribution in [0.25, 0.3) is 11.1 Å². The van der Waals surface area contributed by atoms with E-state index >= 15 is 0 Å². The second kappa shape index (κ2) is 9.17. The molecular weight excluding hydrogens is 420 g/mol. The van der Waals surface area contributed by atoms with Crippen LogP contribution in [0.15, 0.2) is 24.5 Å². The summed E-state index contributed by atoms with van der Waals surface area (Å²) < 4.78 is 7.93. The zero-order chi connectivity index (χ0) is 23.8. The number of aliphatic hydroxyl groups is 1. The maximum Gasteiger partial charge on any atom is 0.260 e. The molecule has 1 fully saturated rings. The zero-order valence-electron chi connectivity index (χ0n) is 20.0. The Balaban J connectivity index is 1.71. The van der Waals surface area contributed by atoms with Crippen molar-refractivity contribution in [2.24, 2.45) is 0 Å². The Hall–Kier alpha value is -2.87. The first-order chi connectivity index (χ1) is 15.6. The number of anilines is 1. The van der Waals surface area contributed by atoms with Crippen molar-refractivity contribution in [3.8, 4) is 16.9 Å². The lowest BCUT2D eigenvalue weighted by Gasteiger charge is -2.36. The van der Waals surface area contributed by atoms with Gasteiger partial charge in [-0.25, -0.2) is 0 Å². The van der Waals surface area contributed by atoms with E-state index in [2.05, 4.69) is 12.0 Å². The number of fused-ring (bicyclic) bond motifs is 1. The number of hydrogen-bond acceptors (Lipinski definition) is 5. The number of hydrogen-bond donors (Lipinski definition) is 1. The molecule has 0 radical (unpaired) electrons. The smallest absolute Gasteiger partial charge is 0.260 e. The van der Waals surface area contributed by atoms with Crippen LogP contribution >= 0.6 is 0 Å². The van der Waals surface area contributed by atoms with Crippen molar-refractivity contribution >= 4 is 17.5 Å². The molecule has 1 aromatic heterocycles. The predicted molar refractivity (Wildman–Crippen MR) is 126 cm³/mol. The molecule has 4 rings (SSSR count). The van der Waals surface area contributed by atoms with Gasteiger partial charge in [-0.2, -0.15) is 5.10 Å². The molecule has 8 nitrogen and oxygen atoms in total. The average Bonchev–Trinajstić information content (AvgIpc) is 3.42. The van der Waals surface area contributed by atoms with Crippen LogP contribution in [-0.2, 0) is 22.6 Å². The van der Waals surface area contributed by atoms with E-state index in [1.54, 1.807) is 31.6 Å². The molecule has 3 heterocycles. The van der Waals surface area contributed by atoms with Crippen LogP contribution in [0.2, 0.25) is 0 Å². The molecule has 1 aromatic carbocycles. The van der Waals surface area contributed by atoms with Gasteiger partial charge in [0.2, 0.25) is 5.91 Å². The van der Waals surface area contributed by atoms with Crippen molar-refractivity contribution in [2.45, 2.75) is 71.6 Å². The maximum atomic E-state index is 12.7. The van der Waals surface area contributed by atoms with Gasteiger partial charge in [-0.3, -0.25) is 14.3 Å². The van der Waals surface area contributed by atoms with Gasteiger partial charge in [-0.15, -0.1) is 0 Å². The molecule has 2 aliphatic rings. The van der Waals surface area contributed by atoms with Crippen molar-refractivity contribution in [3.05, 3.63) is 30.1 Å². The zero-order valence-corrected chi connectivity index (χ0v) is 20.0. The molecule has 33 heavy (non-hydrogen) atoms. The summed E-state index contributed by atoms with van der Waals surface area (Å²) >= 11 is 0. The Kier molecular flexibility index (Phi) is 6.47. The number of carbonyl (C=O) groups excluding carboxylic acids is 2. The second-order valence-corrected chi connectivity index (χ2v) is 9.83. The van der Waals surface area contributed by atoms with Crippen molar-refractivity contribution in [1.82, 2.24) is 14.7 Å². The van der Waals surface area contributed by atoms with E-state index in [1.807, 2.05) is 28.1 Å². The molecule has 1 unspecified atom stereocenters. The Morgan fingerprint density at radius 3 is 2.64 bits per heavy atom. The lowest BCUT2D eigenvalue weighted by molar-refractivity contribution is -0.132. The monoisotopic (exact) mass is 454 g/mol. The lowest BCUT2D eigenvalue weighted by Crippen LogP contribution is -2.41. The van der Waals surface area contributed by atoms with Gasteiger partial charge in [-0.1, -0.05) is 0 Å². The number of likely N-dealkylation sites (tertiary alicyclic amines) is 1. The Bertz CT molecular complexity index is 1030. The number of rotatable bonds is 6. The van der Waals surface area contributed by atoms with Gasteiger partial charge in [0.1, 0.15) is 5.75 Å². The van der Waals surface area contributed by atoms with Crippen LogP contribution in [0.3, 0.4) is 0 Å². The van der Waals surface area contributed by atoms with Crippen LogP contribution in [0, 0.1) is 0 Å². The Labute approximate surface area is 195 Å². The fourth-order valence-corrected chi connectivity index (χ4v) is 4.85. The van der Waals surface area contributed by atoms with E-state index in [4.69, 9.17) is 4.74 Å². The van der Waals surface area contributed by atoms with Crippen molar-refractivity contribution in [3.63, 3.8) is 0 Å². The van der Waals surface area contributed by atoms with E-state index < -0.39 is 5.60 Å². The van der Waals surface area contributed by atoms with E-state index in [-0.39, 0.29) is 24.5 Å². The van der Waals surface area contributed by atoms with Gasteiger partial charge in [-0.05, 0) is 58.6 Å². The number of ether oxygens (including phenoxy) is 1. The summed E-state index contributed by atoms with van der Waals surface area (Å²) in [5.74, 6) is 0.621. The number of aromatic nitrogens is 2. The van der Waals surface area contributed by atoms with Crippen LogP contribution < -0.4 is 9.64 Å². The highest BCUT2D eigenvalue weighted by atomic mass is 16.5. The van der Waals surface area contributed by atoms with E-state index in [9.17, 15) is 14.7 Å². The summed E-state index contributed by atoms with van der Waals surface area (Å²) in [5.41, 5.74) is 2.59. The third kappa shape index (κ3) is 5.05. The molecule has 1 N–H and O–H groups in total. The van der Waals surface area contributed by atoms with E-state index in [0.29, 0.717) is 12.3 Å². The Morgan fingerprint density at radius 2 is 1.97 bits per heavy atom. The normalized spacial score (nSPS) is 18.4. The minimum absolute atomic E-state index is 0.00621. The molecule has 0 bridgehead atoms. The summed E-state index contributed by atoms with van der Waals surface area (Å²) in [4.78, 5) is 28.8. The summed E-state index contributed by atoms with van der Waals surface area (Å²) in [5, 5.41) is 14.6. The van der Waals surface area contributed by atoms with Crippen molar-refractivity contribution in [1.29, 1.82) is 0 Å². The minimum atomic E-state index is -0.890. The topological polar surface area (TPSA) is 87.9 Å². The first kappa shape index (κ1) is 23.3. The number of amides is 2. The molecule has 1 atom stereocenters. The molecule has 0 saturated carbocycles. The summed E-state index contributed by atoms with van der Waals surface area (Å²) in [7, 11) is 0. The second-order valence-electron chi connectivity index (χ2n) is 9.83. The first-order valence-electron chi connectivity index (χ1n) is 11.8. The average molecular weight is 455 g/mol. The molecule has 0 aliphatic carbocycles. The van der Waals surface area contributed by atoms with Crippen LogP contribution in [0.4, 0.5) is 5.69 Å². The fraction of sp³-hybridized carbons (Fsp3) is 0.560. The van der Waals surface area contributed by atoms with Crippen LogP contribution in [0.1, 0.15) is 52.5 Å². The molecular formula is C25H34N4O4. The number of carbonyl (C=O) groups is 2. The van der Waals surface area contributed by atoms with Crippen LogP contribution in [0.5, 0.6) is 5.75 Å². The van der Waals surface area contributed by atoms with Crippen LogP contribution in [-0.4, -0.2) is 62.9 Å². The quantitative estimate of drug-likeness (QED) is 0.725. The molecule has 1 saturated heterocycles. The van der Waals surface area contributed by atoms with Crippen molar-refractivity contribution in [2.75, 3.05) is 24.6 Å². The highest BCUT2D eigenvalue weighted by molar-refractivity contribution is 5.95. The molecule has 0 spiro atoms. The predicted octanol–water partition coefficient (Wildman–Crippen LogP) is 3.01. The third-order valence-corrected chi connectivity index (χ3v) is 6.38. The van der Waals surface area contributed by atoms with Crippen molar-refractivity contribution < 1.29 is 19.4 Å². The van der Waals surface area contributed by atoms with Gasteiger partial charge < -0.3 is 19.6 Å². The molecule has 8 heteroatoms. The lowest BCUT2D eigenvalue weighted by atomic mass is 9.92. The summed E-state index contributed by atoms with van der Waals surface area (Å²) in [6.45, 7) is 9.00. The SMILES string of the molecule is CC(=O)N1c2ccc(-c3cnn(CC(C)(C)O)c3)c(OCC(=O)N3CCCC3)c2CCC1C.